The summed E-state index contributed by atoms with van der Waals surface area (Å²) in [5, 5.41) is 0.359. The minimum Gasteiger partial charge on any atom is -0.290 e. The first kappa shape index (κ1) is 9.70. The molecule has 4 nitrogen and oxygen atoms in total. The summed E-state index contributed by atoms with van der Waals surface area (Å²) in [5.74, 6) is 4.34. The van der Waals surface area contributed by atoms with Crippen LogP contribution in [0.2, 0.25) is 5.02 Å². The highest BCUT2D eigenvalue weighted by Crippen LogP contribution is 2.14. The molecule has 0 spiro atoms. The number of rotatable bonds is 2. The molecule has 1 radical (unpaired) electrons. The van der Waals surface area contributed by atoms with E-state index in [4.69, 9.17) is 17.4 Å². The lowest BCUT2D eigenvalue weighted by Gasteiger charge is -2.02. The summed E-state index contributed by atoms with van der Waals surface area (Å²) >= 11 is 5.62. The van der Waals surface area contributed by atoms with Crippen LogP contribution in [0.4, 0.5) is 0 Å². The van der Waals surface area contributed by atoms with Gasteiger partial charge in [-0.1, -0.05) is 11.6 Å². The molecule has 0 atom stereocenters. The lowest BCUT2D eigenvalue weighted by atomic mass is 10.1. The monoisotopic (exact) mass is 197 g/mol. The molecule has 0 aromatic heterocycles. The summed E-state index contributed by atoms with van der Waals surface area (Å²) in [6, 6.07) is 4.25. The van der Waals surface area contributed by atoms with Crippen molar-refractivity contribution >= 4 is 23.8 Å². The summed E-state index contributed by atoms with van der Waals surface area (Å²) in [6.45, 7) is 0. The van der Waals surface area contributed by atoms with E-state index in [1.807, 2.05) is 5.43 Å². The van der Waals surface area contributed by atoms with Crippen molar-refractivity contribution in [2.75, 3.05) is 0 Å². The molecule has 1 aromatic rings. The molecule has 0 heterocycles. The molecular weight excluding hydrogens is 192 g/mol. The van der Waals surface area contributed by atoms with Gasteiger partial charge in [-0.3, -0.25) is 15.0 Å². The number of hydrazine groups is 1. The van der Waals surface area contributed by atoms with Crippen molar-refractivity contribution in [3.05, 3.63) is 34.3 Å². The topological polar surface area (TPSA) is 72.2 Å². The van der Waals surface area contributed by atoms with E-state index in [1.165, 1.54) is 18.2 Å². The smallest absolute Gasteiger partial charge is 0.265 e. The van der Waals surface area contributed by atoms with Gasteiger partial charge in [0.05, 0.1) is 5.56 Å². The maximum absolute atomic E-state index is 11.1. The van der Waals surface area contributed by atoms with Gasteiger partial charge in [-0.2, -0.15) is 0 Å². The van der Waals surface area contributed by atoms with Crippen LogP contribution in [-0.2, 0) is 4.79 Å². The van der Waals surface area contributed by atoms with Crippen molar-refractivity contribution in [2.45, 2.75) is 0 Å². The van der Waals surface area contributed by atoms with Crippen LogP contribution in [0.3, 0.4) is 0 Å². The number of nitrogens with one attached hydrogen (secondary N) is 1. The van der Waals surface area contributed by atoms with E-state index in [9.17, 15) is 9.59 Å². The van der Waals surface area contributed by atoms with Gasteiger partial charge < -0.3 is 0 Å². The molecule has 1 rings (SSSR count). The van der Waals surface area contributed by atoms with Gasteiger partial charge in [0, 0.05) is 10.6 Å². The zero-order chi connectivity index (χ0) is 9.84. The van der Waals surface area contributed by atoms with Crippen molar-refractivity contribution in [3.8, 4) is 0 Å². The predicted octanol–water partition coefficient (Wildman–Crippen LogP) is 0.401. The third-order valence-corrected chi connectivity index (χ3v) is 1.70. The molecule has 0 bridgehead atoms. The molecule has 13 heavy (non-hydrogen) atoms. The minimum atomic E-state index is -0.569. The van der Waals surface area contributed by atoms with E-state index in [0.29, 0.717) is 5.02 Å². The maximum Gasteiger partial charge on any atom is 0.265 e. The van der Waals surface area contributed by atoms with Crippen LogP contribution in [0, 0.1) is 0 Å². The number of hydrogen-bond acceptors (Lipinski definition) is 3. The summed E-state index contributed by atoms with van der Waals surface area (Å²) in [5.41, 5.74) is 2.15. The standard InChI is InChI=1S/C8H6ClN2O2/c9-6-2-1-5(4-12)7(3-6)8(13)11-10/h1-3H,10H2,(H,11,13). The Morgan fingerprint density at radius 2 is 2.23 bits per heavy atom. The molecule has 0 fully saturated rings. The van der Waals surface area contributed by atoms with Crippen molar-refractivity contribution in [3.63, 3.8) is 0 Å². The Labute approximate surface area is 79.6 Å². The van der Waals surface area contributed by atoms with Crippen molar-refractivity contribution in [1.29, 1.82) is 0 Å². The number of hydrogen-bond donors (Lipinski definition) is 2. The number of amides is 1. The van der Waals surface area contributed by atoms with Crippen LogP contribution in [0.1, 0.15) is 15.9 Å². The van der Waals surface area contributed by atoms with Crippen LogP contribution in [0.5, 0.6) is 0 Å². The summed E-state index contributed by atoms with van der Waals surface area (Å²) < 4.78 is 0. The summed E-state index contributed by atoms with van der Waals surface area (Å²) in [7, 11) is 0. The molecule has 0 saturated carbocycles. The van der Waals surface area contributed by atoms with Gasteiger partial charge in [-0.15, -0.1) is 0 Å². The van der Waals surface area contributed by atoms with E-state index < -0.39 is 5.91 Å². The minimum absolute atomic E-state index is 0.116. The normalized spacial score (nSPS) is 9.38. The first-order chi connectivity index (χ1) is 6.19. The largest absolute Gasteiger partial charge is 0.290 e. The van der Waals surface area contributed by atoms with E-state index in [0.717, 1.165) is 0 Å². The van der Waals surface area contributed by atoms with Gasteiger partial charge in [0.15, 0.2) is 0 Å². The first-order valence-electron chi connectivity index (χ1n) is 3.37. The van der Waals surface area contributed by atoms with Crippen molar-refractivity contribution in [1.82, 2.24) is 5.43 Å². The van der Waals surface area contributed by atoms with E-state index in [-0.39, 0.29) is 11.1 Å². The Bertz CT molecular complexity index is 352. The van der Waals surface area contributed by atoms with Gasteiger partial charge in [0.1, 0.15) is 0 Å². The molecule has 0 aliphatic heterocycles. The van der Waals surface area contributed by atoms with Crippen LogP contribution in [0.25, 0.3) is 0 Å². The van der Waals surface area contributed by atoms with E-state index in [1.54, 1.807) is 6.29 Å². The first-order valence-corrected chi connectivity index (χ1v) is 3.75. The lowest BCUT2D eigenvalue weighted by Crippen LogP contribution is -2.30. The fourth-order valence-electron chi connectivity index (χ4n) is 0.871. The number of nitrogens with two attached hydrogens (primary N) is 1. The molecule has 1 aromatic carbocycles. The maximum atomic E-state index is 11.1. The zero-order valence-corrected chi connectivity index (χ0v) is 7.26. The van der Waals surface area contributed by atoms with Crippen molar-refractivity contribution in [2.24, 2.45) is 5.84 Å². The van der Waals surface area contributed by atoms with Crippen LogP contribution in [0.15, 0.2) is 18.2 Å². The Morgan fingerprint density at radius 1 is 1.54 bits per heavy atom. The van der Waals surface area contributed by atoms with Crippen LogP contribution < -0.4 is 11.3 Å². The fraction of sp³-hybridized carbons (Fsp3) is 0. The highest BCUT2D eigenvalue weighted by molar-refractivity contribution is 6.31. The Hall–Kier alpha value is -1.39. The average Bonchev–Trinajstić information content (AvgIpc) is 2.16. The highest BCUT2D eigenvalue weighted by Gasteiger charge is 2.10. The molecule has 0 aliphatic carbocycles. The Balaban J connectivity index is 3.23. The number of nitrogen functional groups attached to an aromatic ring is 1. The molecule has 3 N–H and O–H groups in total. The summed E-state index contributed by atoms with van der Waals surface area (Å²) in [4.78, 5) is 21.4. The van der Waals surface area contributed by atoms with Crippen LogP contribution in [-0.4, -0.2) is 12.2 Å². The number of halogens is 1. The molecule has 0 unspecified atom stereocenters. The second kappa shape index (κ2) is 4.02. The Morgan fingerprint density at radius 3 is 2.77 bits per heavy atom. The van der Waals surface area contributed by atoms with E-state index in [2.05, 4.69) is 0 Å². The lowest BCUT2D eigenvalue weighted by molar-refractivity contribution is 0.0953. The fourth-order valence-corrected chi connectivity index (χ4v) is 1.04. The van der Waals surface area contributed by atoms with Gasteiger partial charge in [-0.25, -0.2) is 5.84 Å². The van der Waals surface area contributed by atoms with Crippen LogP contribution >= 0.6 is 11.6 Å². The number of carbonyl (C=O) groups excluding carboxylic acids is 2. The quantitative estimate of drug-likeness (QED) is 0.410. The molecule has 5 heteroatoms. The molecule has 0 aliphatic rings. The van der Waals surface area contributed by atoms with E-state index >= 15 is 0 Å². The van der Waals surface area contributed by atoms with Gasteiger partial charge >= 0.3 is 0 Å². The zero-order valence-electron chi connectivity index (χ0n) is 6.50. The molecule has 67 valence electrons. The van der Waals surface area contributed by atoms with Gasteiger partial charge in [-0.05, 0) is 18.2 Å². The van der Waals surface area contributed by atoms with Crippen molar-refractivity contribution < 1.29 is 9.59 Å². The Kier molecular flexibility index (Phi) is 3.00. The number of benzene rings is 1. The second-order valence-corrected chi connectivity index (χ2v) is 2.70. The predicted molar refractivity (Wildman–Crippen MR) is 47.9 cm³/mol. The van der Waals surface area contributed by atoms with Gasteiger partial charge in [0.25, 0.3) is 5.91 Å². The molecule has 1 amide bonds. The number of carbonyl (C=O) groups is 1. The SMILES string of the molecule is NNC(=O)c1cc(Cl)ccc1[C]=O. The third kappa shape index (κ3) is 2.05. The summed E-state index contributed by atoms with van der Waals surface area (Å²) in [6.07, 6.45) is 1.61. The highest BCUT2D eigenvalue weighted by atomic mass is 35.5. The van der Waals surface area contributed by atoms with Gasteiger partial charge in [0.2, 0.25) is 6.29 Å². The molecular formula is C8H6ClN2O2. The third-order valence-electron chi connectivity index (χ3n) is 1.47. The average molecular weight is 198 g/mol. The second-order valence-electron chi connectivity index (χ2n) is 2.27. The molecule has 0 saturated heterocycles.